The number of rotatable bonds is 3. The first-order chi connectivity index (χ1) is 10.7. The van der Waals surface area contributed by atoms with E-state index < -0.39 is 5.69 Å². The first kappa shape index (κ1) is 14.5. The predicted molar refractivity (Wildman–Crippen MR) is 80.6 cm³/mol. The molecule has 1 aliphatic rings. The molecule has 1 atom stereocenters. The second kappa shape index (κ2) is 6.13. The van der Waals surface area contributed by atoms with Gasteiger partial charge in [-0.15, -0.1) is 0 Å². The zero-order valence-corrected chi connectivity index (χ0v) is 12.6. The summed E-state index contributed by atoms with van der Waals surface area (Å²) in [5.74, 6) is -0.0746. The summed E-state index contributed by atoms with van der Waals surface area (Å²) in [6, 6.07) is 9.27. The Labute approximate surface area is 128 Å². The minimum Gasteiger partial charge on any atom is -0.338 e. The SMILES string of the molecule is CC1CCCCN1C(=O)Cn1nnn(-c2ccccc2)c1=O. The van der Waals surface area contributed by atoms with Crippen molar-refractivity contribution >= 4 is 5.91 Å². The second-order valence-electron chi connectivity index (χ2n) is 5.60. The number of para-hydroxylation sites is 1. The molecular formula is C15H19N5O2. The van der Waals surface area contributed by atoms with E-state index >= 15 is 0 Å². The highest BCUT2D eigenvalue weighted by Crippen LogP contribution is 2.16. The summed E-state index contributed by atoms with van der Waals surface area (Å²) in [6.07, 6.45) is 3.17. The highest BCUT2D eigenvalue weighted by molar-refractivity contribution is 5.76. The molecule has 0 spiro atoms. The summed E-state index contributed by atoms with van der Waals surface area (Å²) >= 11 is 0. The lowest BCUT2D eigenvalue weighted by molar-refractivity contribution is -0.135. The van der Waals surface area contributed by atoms with Crippen LogP contribution in [0.4, 0.5) is 0 Å². The topological polar surface area (TPSA) is 73.0 Å². The summed E-state index contributed by atoms with van der Waals surface area (Å²) < 4.78 is 2.32. The molecule has 0 bridgehead atoms. The summed E-state index contributed by atoms with van der Waals surface area (Å²) in [7, 11) is 0. The molecule has 1 aromatic carbocycles. The van der Waals surface area contributed by atoms with E-state index in [1.54, 1.807) is 12.1 Å². The summed E-state index contributed by atoms with van der Waals surface area (Å²) in [6.45, 7) is 2.73. The number of amides is 1. The van der Waals surface area contributed by atoms with Crippen LogP contribution in [0.1, 0.15) is 26.2 Å². The molecule has 116 valence electrons. The van der Waals surface area contributed by atoms with E-state index in [0.29, 0.717) is 5.69 Å². The third kappa shape index (κ3) is 2.79. The normalized spacial score (nSPS) is 18.4. The average Bonchev–Trinajstić information content (AvgIpc) is 2.89. The van der Waals surface area contributed by atoms with Gasteiger partial charge in [-0.25, -0.2) is 4.79 Å². The Morgan fingerprint density at radius 2 is 2.00 bits per heavy atom. The third-order valence-electron chi connectivity index (χ3n) is 4.05. The standard InChI is InChI=1S/C15H19N5O2/c1-12-7-5-6-10-18(12)14(21)11-19-15(22)20(17-16-19)13-8-3-2-4-9-13/h2-4,8-9,12H,5-7,10-11H2,1H3. The Balaban J connectivity index is 1.78. The van der Waals surface area contributed by atoms with Gasteiger partial charge >= 0.3 is 5.69 Å². The largest absolute Gasteiger partial charge is 0.368 e. The van der Waals surface area contributed by atoms with E-state index in [1.807, 2.05) is 30.0 Å². The molecule has 22 heavy (non-hydrogen) atoms. The summed E-state index contributed by atoms with van der Waals surface area (Å²) in [4.78, 5) is 26.5. The van der Waals surface area contributed by atoms with Crippen LogP contribution in [0.5, 0.6) is 0 Å². The van der Waals surface area contributed by atoms with Crippen molar-refractivity contribution in [3.05, 3.63) is 40.8 Å². The second-order valence-corrected chi connectivity index (χ2v) is 5.60. The molecule has 1 unspecified atom stereocenters. The van der Waals surface area contributed by atoms with E-state index in [9.17, 15) is 9.59 Å². The van der Waals surface area contributed by atoms with Crippen molar-refractivity contribution in [2.45, 2.75) is 38.8 Å². The van der Waals surface area contributed by atoms with E-state index in [1.165, 1.54) is 4.68 Å². The maximum atomic E-state index is 12.4. The number of hydrogen-bond acceptors (Lipinski definition) is 4. The number of hydrogen-bond donors (Lipinski definition) is 0. The van der Waals surface area contributed by atoms with Gasteiger partial charge in [0.1, 0.15) is 6.54 Å². The Kier molecular flexibility index (Phi) is 4.04. The van der Waals surface area contributed by atoms with Crippen molar-refractivity contribution in [3.63, 3.8) is 0 Å². The fourth-order valence-electron chi connectivity index (χ4n) is 2.79. The molecule has 1 aromatic heterocycles. The molecule has 1 saturated heterocycles. The van der Waals surface area contributed by atoms with Gasteiger partial charge in [-0.05, 0) is 48.7 Å². The zero-order valence-electron chi connectivity index (χ0n) is 12.6. The maximum Gasteiger partial charge on any atom is 0.368 e. The fraction of sp³-hybridized carbons (Fsp3) is 0.467. The number of nitrogens with zero attached hydrogens (tertiary/aromatic N) is 5. The molecule has 0 N–H and O–H groups in total. The predicted octanol–water partition coefficient (Wildman–Crippen LogP) is 0.830. The number of tetrazole rings is 1. The molecule has 1 amide bonds. The van der Waals surface area contributed by atoms with E-state index in [0.717, 1.165) is 30.5 Å². The molecule has 0 saturated carbocycles. The van der Waals surface area contributed by atoms with Crippen LogP contribution >= 0.6 is 0 Å². The molecule has 1 fully saturated rings. The molecule has 7 nitrogen and oxygen atoms in total. The third-order valence-corrected chi connectivity index (χ3v) is 4.05. The first-order valence-electron chi connectivity index (χ1n) is 7.54. The zero-order chi connectivity index (χ0) is 15.5. The van der Waals surface area contributed by atoms with Gasteiger partial charge in [0, 0.05) is 12.6 Å². The molecule has 0 aliphatic carbocycles. The van der Waals surface area contributed by atoms with Crippen LogP contribution in [0.2, 0.25) is 0 Å². The molecule has 1 aliphatic heterocycles. The van der Waals surface area contributed by atoms with Gasteiger partial charge in [0.15, 0.2) is 0 Å². The van der Waals surface area contributed by atoms with E-state index in [-0.39, 0.29) is 18.5 Å². The van der Waals surface area contributed by atoms with Gasteiger partial charge < -0.3 is 4.90 Å². The molecule has 7 heteroatoms. The van der Waals surface area contributed by atoms with Crippen molar-refractivity contribution in [1.82, 2.24) is 24.7 Å². The van der Waals surface area contributed by atoms with E-state index in [4.69, 9.17) is 0 Å². The summed E-state index contributed by atoms with van der Waals surface area (Å²) in [5.41, 5.74) is 0.238. The van der Waals surface area contributed by atoms with Crippen LogP contribution in [0.25, 0.3) is 5.69 Å². The number of benzene rings is 1. The Bertz CT molecular complexity index is 706. The number of carbonyl (C=O) groups excluding carboxylic acids is 1. The maximum absolute atomic E-state index is 12.4. The number of likely N-dealkylation sites (tertiary alicyclic amines) is 1. The molecule has 2 aromatic rings. The number of piperidine rings is 1. The number of carbonyl (C=O) groups is 1. The van der Waals surface area contributed by atoms with E-state index in [2.05, 4.69) is 10.4 Å². The van der Waals surface area contributed by atoms with Gasteiger partial charge in [0.05, 0.1) is 5.69 Å². The van der Waals surface area contributed by atoms with Gasteiger partial charge in [0.25, 0.3) is 0 Å². The Morgan fingerprint density at radius 3 is 2.73 bits per heavy atom. The smallest absolute Gasteiger partial charge is 0.338 e. The van der Waals surface area contributed by atoms with Crippen molar-refractivity contribution in [2.75, 3.05) is 6.54 Å². The van der Waals surface area contributed by atoms with Crippen molar-refractivity contribution in [1.29, 1.82) is 0 Å². The lowest BCUT2D eigenvalue weighted by atomic mass is 10.0. The summed E-state index contributed by atoms with van der Waals surface area (Å²) in [5, 5.41) is 7.67. The lowest BCUT2D eigenvalue weighted by Crippen LogP contribution is -2.44. The Hall–Kier alpha value is -2.44. The molecular weight excluding hydrogens is 282 g/mol. The van der Waals surface area contributed by atoms with Gasteiger partial charge in [-0.1, -0.05) is 18.2 Å². The van der Waals surface area contributed by atoms with Crippen molar-refractivity contribution < 1.29 is 4.79 Å². The Morgan fingerprint density at radius 1 is 1.23 bits per heavy atom. The minimum atomic E-state index is -0.399. The van der Waals surface area contributed by atoms with Gasteiger partial charge in [-0.3, -0.25) is 4.79 Å². The van der Waals surface area contributed by atoms with Crippen LogP contribution in [-0.4, -0.2) is 43.2 Å². The van der Waals surface area contributed by atoms with Crippen LogP contribution < -0.4 is 5.69 Å². The van der Waals surface area contributed by atoms with Crippen molar-refractivity contribution in [3.8, 4) is 5.69 Å². The molecule has 3 rings (SSSR count). The molecule has 2 heterocycles. The van der Waals surface area contributed by atoms with Crippen molar-refractivity contribution in [2.24, 2.45) is 0 Å². The lowest BCUT2D eigenvalue weighted by Gasteiger charge is -2.33. The quantitative estimate of drug-likeness (QED) is 0.841. The highest BCUT2D eigenvalue weighted by Gasteiger charge is 2.24. The van der Waals surface area contributed by atoms with Crippen LogP contribution in [0.15, 0.2) is 35.1 Å². The fourth-order valence-corrected chi connectivity index (χ4v) is 2.79. The molecule has 0 radical (unpaired) electrons. The van der Waals surface area contributed by atoms with Gasteiger partial charge in [-0.2, -0.15) is 9.36 Å². The van der Waals surface area contributed by atoms with Crippen LogP contribution in [0, 0.1) is 0 Å². The van der Waals surface area contributed by atoms with Crippen LogP contribution in [0.3, 0.4) is 0 Å². The monoisotopic (exact) mass is 301 g/mol. The van der Waals surface area contributed by atoms with Gasteiger partial charge in [0.2, 0.25) is 5.91 Å². The first-order valence-corrected chi connectivity index (χ1v) is 7.54. The average molecular weight is 301 g/mol. The minimum absolute atomic E-state index is 0.0595. The van der Waals surface area contributed by atoms with Crippen LogP contribution in [-0.2, 0) is 11.3 Å². The number of aromatic nitrogens is 4. The highest BCUT2D eigenvalue weighted by atomic mass is 16.2.